The number of piperazine rings is 1. The monoisotopic (exact) mass is 288 g/mol. The largest absolute Gasteiger partial charge is 0.353 e. The lowest BCUT2D eigenvalue weighted by atomic mass is 9.89. The molecule has 0 aromatic carbocycles. The molecule has 4 rings (SSSR count). The molecule has 0 unspecified atom stereocenters. The van der Waals surface area contributed by atoms with Crippen LogP contribution in [0.5, 0.6) is 0 Å². The Morgan fingerprint density at radius 2 is 2.15 bits per heavy atom. The van der Waals surface area contributed by atoms with Crippen molar-refractivity contribution < 1.29 is 0 Å². The van der Waals surface area contributed by atoms with Crippen LogP contribution in [0.1, 0.15) is 23.8 Å². The second kappa shape index (κ2) is 4.97. The van der Waals surface area contributed by atoms with E-state index in [0.29, 0.717) is 0 Å². The fourth-order valence-corrected chi connectivity index (χ4v) is 4.72. The van der Waals surface area contributed by atoms with E-state index < -0.39 is 0 Å². The highest BCUT2D eigenvalue weighted by molar-refractivity contribution is 7.19. The van der Waals surface area contributed by atoms with Crippen LogP contribution >= 0.6 is 11.3 Å². The summed E-state index contributed by atoms with van der Waals surface area (Å²) in [6.45, 7) is 6.56. The summed E-state index contributed by atoms with van der Waals surface area (Å²) < 4.78 is 0. The van der Waals surface area contributed by atoms with Crippen LogP contribution in [-0.4, -0.2) is 36.1 Å². The number of thiophene rings is 1. The maximum absolute atomic E-state index is 4.62. The summed E-state index contributed by atoms with van der Waals surface area (Å²) in [5, 5.41) is 4.76. The van der Waals surface area contributed by atoms with E-state index in [1.165, 1.54) is 40.9 Å². The van der Waals surface area contributed by atoms with Gasteiger partial charge in [-0.15, -0.1) is 11.3 Å². The fraction of sp³-hybridized carbons (Fsp3) is 0.600. The van der Waals surface area contributed by atoms with E-state index in [4.69, 9.17) is 0 Å². The number of hydrogen-bond acceptors (Lipinski definition) is 5. The molecule has 2 aromatic rings. The van der Waals surface area contributed by atoms with E-state index in [9.17, 15) is 0 Å². The highest BCUT2D eigenvalue weighted by atomic mass is 32.1. The molecule has 2 aromatic heterocycles. The third-order valence-electron chi connectivity index (χ3n) is 4.49. The van der Waals surface area contributed by atoms with Gasteiger partial charge in [-0.3, -0.25) is 0 Å². The van der Waals surface area contributed by atoms with Gasteiger partial charge >= 0.3 is 0 Å². The SMILES string of the molecule is C[C@@H]1CCc2c(sc3ncnc(N4CCNCC4)c23)C1. The molecule has 1 N–H and O–H groups in total. The van der Waals surface area contributed by atoms with E-state index in [0.717, 1.165) is 32.1 Å². The maximum Gasteiger partial charge on any atom is 0.141 e. The predicted molar refractivity (Wildman–Crippen MR) is 83.7 cm³/mol. The van der Waals surface area contributed by atoms with Gasteiger partial charge in [0.25, 0.3) is 0 Å². The average molecular weight is 288 g/mol. The molecule has 0 spiro atoms. The van der Waals surface area contributed by atoms with Crippen molar-refractivity contribution in [2.45, 2.75) is 26.2 Å². The van der Waals surface area contributed by atoms with E-state index in [-0.39, 0.29) is 0 Å². The molecular weight excluding hydrogens is 268 g/mol. The van der Waals surface area contributed by atoms with Gasteiger partial charge in [0.05, 0.1) is 5.39 Å². The molecule has 1 saturated heterocycles. The van der Waals surface area contributed by atoms with Crippen LogP contribution in [0.25, 0.3) is 10.2 Å². The van der Waals surface area contributed by atoms with E-state index >= 15 is 0 Å². The van der Waals surface area contributed by atoms with E-state index in [2.05, 4.69) is 27.1 Å². The van der Waals surface area contributed by atoms with Crippen LogP contribution in [0.3, 0.4) is 0 Å². The number of nitrogens with zero attached hydrogens (tertiary/aromatic N) is 3. The Bertz CT molecular complexity index is 630. The summed E-state index contributed by atoms with van der Waals surface area (Å²) >= 11 is 1.89. The van der Waals surface area contributed by atoms with Crippen molar-refractivity contribution >= 4 is 27.4 Å². The van der Waals surface area contributed by atoms with Crippen LogP contribution in [0, 0.1) is 5.92 Å². The molecule has 0 saturated carbocycles. The summed E-state index contributed by atoms with van der Waals surface area (Å²) in [7, 11) is 0. The first kappa shape index (κ1) is 12.5. The van der Waals surface area contributed by atoms with Gasteiger partial charge in [-0.1, -0.05) is 6.92 Å². The van der Waals surface area contributed by atoms with Crippen molar-refractivity contribution in [2.75, 3.05) is 31.1 Å². The summed E-state index contributed by atoms with van der Waals surface area (Å²) in [6, 6.07) is 0. The minimum absolute atomic E-state index is 0.811. The number of aryl methyl sites for hydroxylation is 1. The summed E-state index contributed by atoms with van der Waals surface area (Å²) in [6.07, 6.45) is 5.46. The zero-order chi connectivity index (χ0) is 13.5. The highest BCUT2D eigenvalue weighted by Gasteiger charge is 2.25. The molecule has 20 heavy (non-hydrogen) atoms. The highest BCUT2D eigenvalue weighted by Crippen LogP contribution is 2.40. The van der Waals surface area contributed by atoms with Gasteiger partial charge in [-0.05, 0) is 30.7 Å². The molecule has 2 aliphatic rings. The molecule has 1 atom stereocenters. The molecule has 4 nitrogen and oxygen atoms in total. The zero-order valence-corrected chi connectivity index (χ0v) is 12.7. The van der Waals surface area contributed by atoms with Crippen molar-refractivity contribution in [1.29, 1.82) is 0 Å². The van der Waals surface area contributed by atoms with Crippen molar-refractivity contribution in [3.05, 3.63) is 16.8 Å². The second-order valence-corrected chi connectivity index (χ2v) is 7.05. The fourth-order valence-electron chi connectivity index (χ4n) is 3.37. The van der Waals surface area contributed by atoms with Gasteiger partial charge in [0.15, 0.2) is 0 Å². The standard InChI is InChI=1S/C15H20N4S/c1-10-2-3-11-12(8-10)20-15-13(11)14(17-9-18-15)19-6-4-16-5-7-19/h9-10,16H,2-8H2,1H3/t10-/m1/s1. The lowest BCUT2D eigenvalue weighted by molar-refractivity contribution is 0.509. The van der Waals surface area contributed by atoms with Crippen LogP contribution in [0.15, 0.2) is 6.33 Å². The molecule has 1 aliphatic heterocycles. The number of aromatic nitrogens is 2. The minimum atomic E-state index is 0.811. The zero-order valence-electron chi connectivity index (χ0n) is 11.9. The smallest absolute Gasteiger partial charge is 0.141 e. The molecule has 0 radical (unpaired) electrons. The molecule has 0 amide bonds. The van der Waals surface area contributed by atoms with Gasteiger partial charge in [0.1, 0.15) is 17.0 Å². The minimum Gasteiger partial charge on any atom is -0.353 e. The third-order valence-corrected chi connectivity index (χ3v) is 5.65. The first-order valence-electron chi connectivity index (χ1n) is 7.54. The van der Waals surface area contributed by atoms with Gasteiger partial charge in [-0.2, -0.15) is 0 Å². The summed E-state index contributed by atoms with van der Waals surface area (Å²) in [4.78, 5) is 14.3. The lowest BCUT2D eigenvalue weighted by Crippen LogP contribution is -2.44. The number of anilines is 1. The van der Waals surface area contributed by atoms with Crippen LogP contribution in [0.2, 0.25) is 0 Å². The molecule has 3 heterocycles. The molecule has 1 fully saturated rings. The Balaban J connectivity index is 1.84. The average Bonchev–Trinajstić information content (AvgIpc) is 2.85. The second-order valence-electron chi connectivity index (χ2n) is 5.97. The molecule has 5 heteroatoms. The number of rotatable bonds is 1. The Morgan fingerprint density at radius 1 is 1.30 bits per heavy atom. The first-order valence-corrected chi connectivity index (χ1v) is 8.35. The van der Waals surface area contributed by atoms with Gasteiger partial charge in [0.2, 0.25) is 0 Å². The van der Waals surface area contributed by atoms with Crippen LogP contribution < -0.4 is 10.2 Å². The van der Waals surface area contributed by atoms with Crippen LogP contribution in [-0.2, 0) is 12.8 Å². The Morgan fingerprint density at radius 3 is 3.00 bits per heavy atom. The van der Waals surface area contributed by atoms with E-state index in [1.54, 1.807) is 11.2 Å². The molecule has 1 aliphatic carbocycles. The molecule has 0 bridgehead atoms. The summed E-state index contributed by atoms with van der Waals surface area (Å²) in [5.41, 5.74) is 1.54. The molecule has 106 valence electrons. The third kappa shape index (κ3) is 2.00. The quantitative estimate of drug-likeness (QED) is 0.873. The lowest BCUT2D eigenvalue weighted by Gasteiger charge is -2.29. The Kier molecular flexibility index (Phi) is 3.11. The maximum atomic E-state index is 4.62. The molecular formula is C15H20N4S. The van der Waals surface area contributed by atoms with Crippen molar-refractivity contribution in [3.8, 4) is 0 Å². The van der Waals surface area contributed by atoms with Crippen LogP contribution in [0.4, 0.5) is 5.82 Å². The normalized spacial score (nSPS) is 23.1. The number of nitrogens with one attached hydrogen (secondary N) is 1. The topological polar surface area (TPSA) is 41.1 Å². The van der Waals surface area contributed by atoms with Gasteiger partial charge in [0, 0.05) is 31.1 Å². The van der Waals surface area contributed by atoms with Crippen molar-refractivity contribution in [2.24, 2.45) is 5.92 Å². The predicted octanol–water partition coefficient (Wildman–Crippen LogP) is 2.23. The van der Waals surface area contributed by atoms with Gasteiger partial charge < -0.3 is 10.2 Å². The van der Waals surface area contributed by atoms with Crippen molar-refractivity contribution in [3.63, 3.8) is 0 Å². The van der Waals surface area contributed by atoms with E-state index in [1.807, 2.05) is 11.3 Å². The first-order chi connectivity index (χ1) is 9.83. The Hall–Kier alpha value is -1.20. The number of hydrogen-bond donors (Lipinski definition) is 1. The van der Waals surface area contributed by atoms with Gasteiger partial charge in [-0.25, -0.2) is 9.97 Å². The summed E-state index contributed by atoms with van der Waals surface area (Å²) in [5.74, 6) is 1.98. The number of fused-ring (bicyclic) bond motifs is 3. The van der Waals surface area contributed by atoms with Crippen molar-refractivity contribution in [1.82, 2.24) is 15.3 Å². The Labute approximate surface area is 123 Å².